The van der Waals surface area contributed by atoms with E-state index in [1.165, 1.54) is 5.01 Å². The quantitative estimate of drug-likeness (QED) is 0.405. The van der Waals surface area contributed by atoms with Gasteiger partial charge in [-0.15, -0.1) is 0 Å². The molecule has 1 aliphatic rings. The van der Waals surface area contributed by atoms with Gasteiger partial charge in [0.2, 0.25) is 5.91 Å². The molecule has 0 saturated heterocycles. The van der Waals surface area contributed by atoms with Crippen LogP contribution in [0.5, 0.6) is 0 Å². The lowest BCUT2D eigenvalue weighted by molar-refractivity contribution is -0.141. The second-order valence-electron chi connectivity index (χ2n) is 7.99. The van der Waals surface area contributed by atoms with Crippen LogP contribution in [0, 0.1) is 0 Å². The summed E-state index contributed by atoms with van der Waals surface area (Å²) in [6.45, 7) is 0. The highest BCUT2D eigenvalue weighted by Gasteiger charge is 2.36. The minimum Gasteiger partial charge on any atom is -0.481 e. The Bertz CT molecular complexity index is 1330. The van der Waals surface area contributed by atoms with E-state index in [-0.39, 0.29) is 24.8 Å². The number of carboxylic acid groups (broad SMARTS) is 1. The molecule has 1 amide bonds. The van der Waals surface area contributed by atoms with Gasteiger partial charge in [-0.1, -0.05) is 48.5 Å². The lowest BCUT2D eigenvalue weighted by Gasteiger charge is -2.21. The zero-order chi connectivity index (χ0) is 23.5. The van der Waals surface area contributed by atoms with E-state index in [1.807, 2.05) is 88.4 Å². The lowest BCUT2D eigenvalue weighted by Crippen LogP contribution is -2.27. The van der Waals surface area contributed by atoms with E-state index in [9.17, 15) is 9.59 Å². The molecule has 0 bridgehead atoms. The van der Waals surface area contributed by atoms with Gasteiger partial charge in [-0.25, -0.2) is 9.69 Å². The average molecular weight is 471 g/mol. The van der Waals surface area contributed by atoms with Crippen LogP contribution in [-0.2, 0) is 9.59 Å². The molecular weight excluding hydrogens is 448 g/mol. The van der Waals surface area contributed by atoms with Gasteiger partial charge < -0.3 is 5.11 Å². The molecule has 0 spiro atoms. The van der Waals surface area contributed by atoms with E-state index in [1.54, 1.807) is 11.3 Å². The Morgan fingerprint density at radius 1 is 0.971 bits per heavy atom. The van der Waals surface area contributed by atoms with Crippen molar-refractivity contribution >= 4 is 28.9 Å². The molecule has 0 fully saturated rings. The number of hydrazone groups is 1. The van der Waals surface area contributed by atoms with E-state index in [0.29, 0.717) is 6.42 Å². The third kappa shape index (κ3) is 4.40. The minimum atomic E-state index is -1.01. The molecule has 170 valence electrons. The van der Waals surface area contributed by atoms with Crippen LogP contribution in [0.2, 0.25) is 0 Å². The molecule has 34 heavy (non-hydrogen) atoms. The van der Waals surface area contributed by atoms with E-state index >= 15 is 0 Å². The second-order valence-corrected chi connectivity index (χ2v) is 8.77. The van der Waals surface area contributed by atoms with Crippen LogP contribution in [0.4, 0.5) is 0 Å². The van der Waals surface area contributed by atoms with Crippen LogP contribution in [0.3, 0.4) is 0 Å². The van der Waals surface area contributed by atoms with Crippen LogP contribution in [0.1, 0.15) is 36.4 Å². The van der Waals surface area contributed by atoms with Gasteiger partial charge in [-0.2, -0.15) is 21.5 Å². The maximum absolute atomic E-state index is 13.1. The first-order valence-electron chi connectivity index (χ1n) is 10.9. The maximum atomic E-state index is 13.1. The Morgan fingerprint density at radius 3 is 2.38 bits per heavy atom. The van der Waals surface area contributed by atoms with Crippen molar-refractivity contribution in [2.24, 2.45) is 5.10 Å². The third-order valence-corrected chi connectivity index (χ3v) is 6.43. The number of aromatic nitrogens is 2. The Hall–Kier alpha value is -4.04. The smallest absolute Gasteiger partial charge is 0.303 e. The van der Waals surface area contributed by atoms with E-state index in [4.69, 9.17) is 10.2 Å². The predicted molar refractivity (Wildman–Crippen MR) is 131 cm³/mol. The van der Waals surface area contributed by atoms with Crippen molar-refractivity contribution in [3.8, 4) is 16.9 Å². The van der Waals surface area contributed by atoms with Gasteiger partial charge in [-0.3, -0.25) is 9.59 Å². The average Bonchev–Trinajstić information content (AvgIpc) is 3.62. The van der Waals surface area contributed by atoms with Crippen LogP contribution < -0.4 is 0 Å². The number of carboxylic acids is 1. The van der Waals surface area contributed by atoms with Crippen LogP contribution in [0.25, 0.3) is 16.9 Å². The highest BCUT2D eigenvalue weighted by atomic mass is 32.1. The van der Waals surface area contributed by atoms with E-state index < -0.39 is 5.97 Å². The molecule has 0 aliphatic carbocycles. The summed E-state index contributed by atoms with van der Waals surface area (Å²) >= 11 is 1.57. The van der Waals surface area contributed by atoms with Crippen molar-refractivity contribution in [2.75, 3.05) is 0 Å². The summed E-state index contributed by atoms with van der Waals surface area (Å²) in [4.78, 5) is 24.2. The molecule has 2 aromatic carbocycles. The molecule has 1 aliphatic heterocycles. The number of hydrogen-bond donors (Lipinski definition) is 1. The van der Waals surface area contributed by atoms with Crippen molar-refractivity contribution in [1.82, 2.24) is 14.8 Å². The predicted octanol–water partition coefficient (Wildman–Crippen LogP) is 5.14. The minimum absolute atomic E-state index is 0.111. The number of para-hydroxylation sites is 1. The summed E-state index contributed by atoms with van der Waals surface area (Å²) in [5.41, 5.74) is 5.27. The molecule has 2 aromatic heterocycles. The first kappa shape index (κ1) is 21.8. The molecule has 7 nitrogen and oxygen atoms in total. The number of hydrogen-bond acceptors (Lipinski definition) is 5. The van der Waals surface area contributed by atoms with Crippen LogP contribution in [-0.4, -0.2) is 37.5 Å². The molecule has 1 N–H and O–H groups in total. The van der Waals surface area contributed by atoms with Gasteiger partial charge in [0.1, 0.15) is 0 Å². The summed E-state index contributed by atoms with van der Waals surface area (Å²) < 4.78 is 1.82. The molecule has 4 aromatic rings. The lowest BCUT2D eigenvalue weighted by atomic mass is 9.97. The normalized spacial score (nSPS) is 15.4. The molecule has 0 radical (unpaired) electrons. The first-order valence-corrected chi connectivity index (χ1v) is 11.9. The Labute approximate surface area is 200 Å². The number of carbonyl (C=O) groups is 2. The number of benzene rings is 2. The van der Waals surface area contributed by atoms with Crippen molar-refractivity contribution in [3.63, 3.8) is 0 Å². The van der Waals surface area contributed by atoms with Gasteiger partial charge >= 0.3 is 5.97 Å². The number of aliphatic carboxylic acids is 1. The van der Waals surface area contributed by atoms with E-state index in [2.05, 4.69) is 5.10 Å². The molecule has 0 unspecified atom stereocenters. The number of rotatable bonds is 7. The fourth-order valence-corrected chi connectivity index (χ4v) is 4.74. The summed E-state index contributed by atoms with van der Waals surface area (Å²) in [5.74, 6) is -1.32. The van der Waals surface area contributed by atoms with Crippen molar-refractivity contribution in [1.29, 1.82) is 0 Å². The molecule has 0 saturated carbocycles. The number of amides is 1. The Balaban J connectivity index is 1.59. The molecule has 3 heterocycles. The number of thiophene rings is 1. The summed E-state index contributed by atoms with van der Waals surface area (Å²) in [6.07, 6.45) is 2.13. The van der Waals surface area contributed by atoms with Crippen LogP contribution >= 0.6 is 11.3 Å². The second kappa shape index (κ2) is 9.44. The van der Waals surface area contributed by atoms with E-state index in [0.717, 1.165) is 33.8 Å². The fourth-order valence-electron chi connectivity index (χ4n) is 4.08. The maximum Gasteiger partial charge on any atom is 0.303 e. The molecule has 1 atom stereocenters. The SMILES string of the molecule is O=C(O)CCC(=O)N1N=C(c2ccsc2)C[C@@H]1c1cn(-c2ccccc2)nc1-c1ccccc1. The highest BCUT2D eigenvalue weighted by molar-refractivity contribution is 7.08. The third-order valence-electron chi connectivity index (χ3n) is 5.74. The van der Waals surface area contributed by atoms with Gasteiger partial charge in [0.15, 0.2) is 0 Å². The van der Waals surface area contributed by atoms with Crippen molar-refractivity contribution < 1.29 is 14.7 Å². The standard InChI is InChI=1S/C26H22N4O3S/c31-24(11-12-25(32)33)30-23(15-22(27-30)19-13-14-34-17-19)21-16-29(20-9-5-2-6-10-20)28-26(21)18-7-3-1-4-8-18/h1-10,13-14,16-17,23H,11-12,15H2,(H,32,33)/t23-/m1/s1. The summed E-state index contributed by atoms with van der Waals surface area (Å²) in [5, 5.41) is 24.1. The molecular formula is C26H22N4O3S. The largest absolute Gasteiger partial charge is 0.481 e. The van der Waals surface area contributed by atoms with Crippen molar-refractivity contribution in [2.45, 2.75) is 25.3 Å². The topological polar surface area (TPSA) is 87.8 Å². The molecule has 8 heteroatoms. The monoisotopic (exact) mass is 470 g/mol. The van der Waals surface area contributed by atoms with Crippen molar-refractivity contribution in [3.05, 3.63) is 94.8 Å². The molecule has 5 rings (SSSR count). The summed E-state index contributed by atoms with van der Waals surface area (Å²) in [7, 11) is 0. The Kier molecular flexibility index (Phi) is 6.05. The Morgan fingerprint density at radius 2 is 1.71 bits per heavy atom. The number of carbonyl (C=O) groups excluding carboxylic acids is 1. The fraction of sp³-hybridized carbons (Fsp3) is 0.154. The highest BCUT2D eigenvalue weighted by Crippen LogP contribution is 2.38. The number of nitrogens with zero attached hydrogens (tertiary/aromatic N) is 4. The first-order chi connectivity index (χ1) is 16.6. The van der Waals surface area contributed by atoms with Crippen LogP contribution in [0.15, 0.2) is 88.8 Å². The van der Waals surface area contributed by atoms with Gasteiger partial charge in [0.05, 0.1) is 29.6 Å². The van der Waals surface area contributed by atoms with Gasteiger partial charge in [0, 0.05) is 35.7 Å². The zero-order valence-corrected chi connectivity index (χ0v) is 19.1. The van der Waals surface area contributed by atoms with Gasteiger partial charge in [-0.05, 0) is 29.0 Å². The summed E-state index contributed by atoms with van der Waals surface area (Å²) in [6, 6.07) is 21.3. The van der Waals surface area contributed by atoms with Gasteiger partial charge in [0.25, 0.3) is 0 Å². The zero-order valence-electron chi connectivity index (χ0n) is 18.2.